The van der Waals surface area contributed by atoms with E-state index in [1.54, 1.807) is 0 Å². The van der Waals surface area contributed by atoms with E-state index in [0.717, 1.165) is 56.8 Å². The molecule has 0 fully saturated rings. The second-order valence-corrected chi connectivity index (χ2v) is 9.08. The van der Waals surface area contributed by atoms with Gasteiger partial charge in [0.2, 0.25) is 0 Å². The van der Waals surface area contributed by atoms with Crippen LogP contribution in [0.1, 0.15) is 40.8 Å². The molecule has 0 aliphatic heterocycles. The predicted molar refractivity (Wildman–Crippen MR) is 135 cm³/mol. The summed E-state index contributed by atoms with van der Waals surface area (Å²) in [4.78, 5) is 2.51. The zero-order valence-corrected chi connectivity index (χ0v) is 19.2. The molecule has 168 valence electrons. The van der Waals surface area contributed by atoms with Gasteiger partial charge >= 0.3 is 0 Å². The average Bonchev–Trinajstić information content (AvgIpc) is 3.16. The third kappa shape index (κ3) is 4.57. The van der Waals surface area contributed by atoms with Crippen molar-refractivity contribution in [2.45, 2.75) is 45.8 Å². The molecule has 0 radical (unpaired) electrons. The maximum atomic E-state index is 9.77. The summed E-state index contributed by atoms with van der Waals surface area (Å²) >= 11 is 0. The van der Waals surface area contributed by atoms with Crippen molar-refractivity contribution >= 4 is 16.6 Å². The Hall–Kier alpha value is -3.37. The Bertz CT molecular complexity index is 1220. The van der Waals surface area contributed by atoms with Crippen LogP contribution in [0, 0.1) is 6.92 Å². The van der Waals surface area contributed by atoms with Crippen molar-refractivity contribution in [1.29, 1.82) is 0 Å². The van der Waals surface area contributed by atoms with Gasteiger partial charge in [-0.05, 0) is 55.0 Å². The third-order valence-corrected chi connectivity index (χ3v) is 6.70. The van der Waals surface area contributed by atoms with Crippen LogP contribution >= 0.6 is 0 Å². The van der Waals surface area contributed by atoms with Crippen molar-refractivity contribution in [3.63, 3.8) is 0 Å². The molecule has 3 aromatic carbocycles. The van der Waals surface area contributed by atoms with E-state index < -0.39 is 0 Å². The Balaban J connectivity index is 1.48. The molecule has 0 amide bonds. The maximum Gasteiger partial charge on any atom is 0.103 e. The second-order valence-electron chi connectivity index (χ2n) is 9.08. The lowest BCUT2D eigenvalue weighted by molar-refractivity contribution is 0.247. The van der Waals surface area contributed by atoms with Crippen LogP contribution in [0.3, 0.4) is 0 Å². The SMILES string of the molecule is Cc1ccc2c(c1)c1c(n2CCN(Cc2ccccc2)Cc2ccccc2)/C(=N/O)CCC1. The summed E-state index contributed by atoms with van der Waals surface area (Å²) in [6.07, 6.45) is 2.91. The molecule has 4 heteroatoms. The molecule has 0 saturated heterocycles. The van der Waals surface area contributed by atoms with Crippen LogP contribution in [0.2, 0.25) is 0 Å². The average molecular weight is 438 g/mol. The Morgan fingerprint density at radius 1 is 0.879 bits per heavy atom. The van der Waals surface area contributed by atoms with E-state index in [0.29, 0.717) is 0 Å². The van der Waals surface area contributed by atoms with Gasteiger partial charge in [-0.15, -0.1) is 0 Å². The van der Waals surface area contributed by atoms with Gasteiger partial charge in [0, 0.05) is 37.1 Å². The summed E-state index contributed by atoms with van der Waals surface area (Å²) < 4.78 is 2.39. The number of oxime groups is 1. The minimum atomic E-state index is 0.822. The lowest BCUT2D eigenvalue weighted by Crippen LogP contribution is -2.28. The van der Waals surface area contributed by atoms with E-state index in [9.17, 15) is 5.21 Å². The summed E-state index contributed by atoms with van der Waals surface area (Å²) in [7, 11) is 0. The van der Waals surface area contributed by atoms with Crippen LogP contribution < -0.4 is 0 Å². The highest BCUT2D eigenvalue weighted by atomic mass is 16.4. The van der Waals surface area contributed by atoms with Gasteiger partial charge in [0.25, 0.3) is 0 Å². The molecule has 5 rings (SSSR count). The highest BCUT2D eigenvalue weighted by Crippen LogP contribution is 2.33. The number of aryl methyl sites for hydroxylation is 2. The Morgan fingerprint density at radius 3 is 2.18 bits per heavy atom. The number of nitrogens with zero attached hydrogens (tertiary/aromatic N) is 3. The van der Waals surface area contributed by atoms with E-state index in [1.807, 2.05) is 0 Å². The van der Waals surface area contributed by atoms with Gasteiger partial charge in [-0.3, -0.25) is 4.90 Å². The molecule has 0 atom stereocenters. The topological polar surface area (TPSA) is 40.8 Å². The molecule has 0 spiro atoms. The largest absolute Gasteiger partial charge is 0.411 e. The first-order valence-corrected chi connectivity index (χ1v) is 11.9. The number of hydrogen-bond donors (Lipinski definition) is 1. The van der Waals surface area contributed by atoms with E-state index in [1.165, 1.54) is 33.2 Å². The third-order valence-electron chi connectivity index (χ3n) is 6.70. The van der Waals surface area contributed by atoms with Crippen molar-refractivity contribution < 1.29 is 5.21 Å². The molecule has 1 aromatic heterocycles. The van der Waals surface area contributed by atoms with Gasteiger partial charge in [0.1, 0.15) is 5.71 Å². The Kier molecular flexibility index (Phi) is 6.27. The molecule has 0 bridgehead atoms. The number of aromatic nitrogens is 1. The zero-order valence-electron chi connectivity index (χ0n) is 19.2. The molecular weight excluding hydrogens is 406 g/mol. The number of fused-ring (bicyclic) bond motifs is 3. The first kappa shape index (κ1) is 21.5. The van der Waals surface area contributed by atoms with Crippen LogP contribution in [-0.4, -0.2) is 26.9 Å². The van der Waals surface area contributed by atoms with Crippen LogP contribution in [0.4, 0.5) is 0 Å². The fourth-order valence-corrected chi connectivity index (χ4v) is 5.14. The van der Waals surface area contributed by atoms with E-state index >= 15 is 0 Å². The fourth-order valence-electron chi connectivity index (χ4n) is 5.14. The molecule has 1 heterocycles. The van der Waals surface area contributed by atoms with Crippen LogP contribution in [0.5, 0.6) is 0 Å². The molecule has 4 aromatic rings. The van der Waals surface area contributed by atoms with Gasteiger partial charge in [-0.25, -0.2) is 0 Å². The van der Waals surface area contributed by atoms with Crippen LogP contribution in [-0.2, 0) is 26.1 Å². The maximum absolute atomic E-state index is 9.77. The molecular formula is C29H31N3O. The minimum absolute atomic E-state index is 0.822. The van der Waals surface area contributed by atoms with Crippen molar-refractivity contribution in [3.8, 4) is 0 Å². The van der Waals surface area contributed by atoms with Crippen molar-refractivity contribution in [2.24, 2.45) is 5.16 Å². The standard InChI is InChI=1S/C29H31N3O/c1-22-15-16-28-26(19-22)25-13-8-14-27(30-33)29(25)32(28)18-17-31(20-23-9-4-2-5-10-23)21-24-11-6-3-7-12-24/h2-7,9-12,15-16,19,33H,8,13-14,17-18,20-21H2,1H3/b30-27+. The van der Waals surface area contributed by atoms with E-state index in [4.69, 9.17) is 0 Å². The molecule has 0 unspecified atom stereocenters. The Morgan fingerprint density at radius 2 is 1.55 bits per heavy atom. The van der Waals surface area contributed by atoms with Gasteiger partial charge < -0.3 is 9.77 Å². The fraction of sp³-hybridized carbons (Fsp3) is 0.276. The van der Waals surface area contributed by atoms with Gasteiger partial charge in [0.15, 0.2) is 0 Å². The molecule has 4 nitrogen and oxygen atoms in total. The van der Waals surface area contributed by atoms with Crippen LogP contribution in [0.25, 0.3) is 10.9 Å². The number of benzene rings is 3. The lowest BCUT2D eigenvalue weighted by atomic mass is 9.93. The number of rotatable bonds is 7. The number of hydrogen-bond acceptors (Lipinski definition) is 3. The normalized spacial score (nSPS) is 14.8. The van der Waals surface area contributed by atoms with Gasteiger partial charge in [-0.2, -0.15) is 0 Å². The van der Waals surface area contributed by atoms with E-state index in [2.05, 4.69) is 100 Å². The molecule has 33 heavy (non-hydrogen) atoms. The van der Waals surface area contributed by atoms with E-state index in [-0.39, 0.29) is 0 Å². The van der Waals surface area contributed by atoms with Gasteiger partial charge in [-0.1, -0.05) is 77.4 Å². The predicted octanol–water partition coefficient (Wildman–Crippen LogP) is 6.17. The monoisotopic (exact) mass is 437 g/mol. The lowest BCUT2D eigenvalue weighted by Gasteiger charge is -2.24. The second kappa shape index (κ2) is 9.63. The van der Waals surface area contributed by atoms with Crippen LogP contribution in [0.15, 0.2) is 84.0 Å². The molecule has 1 N–H and O–H groups in total. The smallest absolute Gasteiger partial charge is 0.103 e. The quantitative estimate of drug-likeness (QED) is 0.278. The summed E-state index contributed by atoms with van der Waals surface area (Å²) in [5, 5.41) is 14.8. The van der Waals surface area contributed by atoms with Crippen molar-refractivity contribution in [2.75, 3.05) is 6.54 Å². The first-order chi connectivity index (χ1) is 16.2. The molecule has 0 saturated carbocycles. The first-order valence-electron chi connectivity index (χ1n) is 11.9. The highest BCUT2D eigenvalue weighted by Gasteiger charge is 2.25. The summed E-state index contributed by atoms with van der Waals surface area (Å²) in [6, 6.07) is 28.1. The minimum Gasteiger partial charge on any atom is -0.411 e. The zero-order chi connectivity index (χ0) is 22.6. The van der Waals surface area contributed by atoms with Crippen molar-refractivity contribution in [1.82, 2.24) is 9.47 Å². The highest BCUT2D eigenvalue weighted by molar-refractivity contribution is 6.06. The van der Waals surface area contributed by atoms with Gasteiger partial charge in [0.05, 0.1) is 5.69 Å². The summed E-state index contributed by atoms with van der Waals surface area (Å²) in [6.45, 7) is 5.71. The molecule has 1 aliphatic carbocycles. The van der Waals surface area contributed by atoms with Crippen molar-refractivity contribution in [3.05, 3.63) is 107 Å². The molecule has 1 aliphatic rings. The summed E-state index contributed by atoms with van der Waals surface area (Å²) in [5.41, 5.74) is 8.44. The summed E-state index contributed by atoms with van der Waals surface area (Å²) in [5.74, 6) is 0. The Labute approximate surface area is 195 Å².